The molecule has 1 heterocycles. The Kier molecular flexibility index (Phi) is 7.98. The van der Waals surface area contributed by atoms with Crippen molar-refractivity contribution < 1.29 is 13.6 Å². The molecule has 0 aliphatic carbocycles. The topological polar surface area (TPSA) is 91.3 Å². The van der Waals surface area contributed by atoms with Gasteiger partial charge in [-0.25, -0.2) is 9.19 Å². The number of nitrogens with one attached hydrogen (secondary N) is 2. The van der Waals surface area contributed by atoms with Gasteiger partial charge in [0.05, 0.1) is 11.7 Å². The summed E-state index contributed by atoms with van der Waals surface area (Å²) in [5.41, 5.74) is 5.19. The lowest BCUT2D eigenvalue weighted by molar-refractivity contribution is -0.129. The van der Waals surface area contributed by atoms with Gasteiger partial charge in [-0.15, -0.1) is 11.3 Å². The zero-order chi connectivity index (χ0) is 25.7. The molecule has 0 bridgehead atoms. The maximum atomic E-state index is 12.9. The van der Waals surface area contributed by atoms with Gasteiger partial charge < -0.3 is 5.32 Å². The van der Waals surface area contributed by atoms with Crippen LogP contribution in [-0.4, -0.2) is 19.7 Å². The van der Waals surface area contributed by atoms with E-state index in [1.54, 1.807) is 12.1 Å². The fourth-order valence-electron chi connectivity index (χ4n) is 3.66. The Balaban J connectivity index is 1.56. The van der Waals surface area contributed by atoms with Crippen LogP contribution in [0.4, 0.5) is 5.69 Å². The highest BCUT2D eigenvalue weighted by Crippen LogP contribution is 2.30. The number of nitrogens with zero attached hydrogens (tertiary/aromatic N) is 1. The summed E-state index contributed by atoms with van der Waals surface area (Å²) in [6, 6.07) is 25.5. The average Bonchev–Trinajstić information content (AvgIpc) is 3.35. The molecule has 0 radical (unpaired) electrons. The summed E-state index contributed by atoms with van der Waals surface area (Å²) in [7, 11) is 0. The number of amides is 1. The zero-order valence-electron chi connectivity index (χ0n) is 20.4. The fraction of sp³-hybridized carbons (Fsp3) is 0.214. The molecule has 0 spiro atoms. The van der Waals surface area contributed by atoms with E-state index in [9.17, 15) is 9.00 Å². The first-order valence-electron chi connectivity index (χ1n) is 11.6. The van der Waals surface area contributed by atoms with Gasteiger partial charge in [-0.3, -0.25) is 14.1 Å². The number of hydrogen-bond donors (Lipinski definition) is 3. The minimum atomic E-state index is -2.12. The molecular formula is C28H29N3O3S2. The lowest BCUT2D eigenvalue weighted by Crippen LogP contribution is -2.38. The van der Waals surface area contributed by atoms with Crippen LogP contribution in [0.5, 0.6) is 0 Å². The molecule has 0 saturated heterocycles. The van der Waals surface area contributed by atoms with Gasteiger partial charge in [0.15, 0.2) is 0 Å². The van der Waals surface area contributed by atoms with Gasteiger partial charge in [0.1, 0.15) is 5.01 Å². The van der Waals surface area contributed by atoms with Crippen molar-refractivity contribution in [3.8, 4) is 22.4 Å². The van der Waals surface area contributed by atoms with E-state index in [4.69, 9.17) is 9.54 Å². The molecule has 1 aromatic heterocycles. The molecule has 8 heteroatoms. The van der Waals surface area contributed by atoms with E-state index in [0.29, 0.717) is 12.1 Å². The van der Waals surface area contributed by atoms with Crippen LogP contribution in [0.2, 0.25) is 0 Å². The van der Waals surface area contributed by atoms with Gasteiger partial charge in [-0.05, 0) is 35.2 Å². The summed E-state index contributed by atoms with van der Waals surface area (Å²) >= 11 is -0.600. The molecule has 0 aliphatic rings. The normalized spacial score (nSPS) is 13.1. The smallest absolute Gasteiger partial charge is 0.259 e. The van der Waals surface area contributed by atoms with Gasteiger partial charge in [0, 0.05) is 22.0 Å². The van der Waals surface area contributed by atoms with E-state index in [2.05, 4.69) is 46.4 Å². The Bertz CT molecular complexity index is 1330. The van der Waals surface area contributed by atoms with Crippen LogP contribution in [0.1, 0.15) is 37.4 Å². The summed E-state index contributed by atoms with van der Waals surface area (Å²) < 4.78 is 22.5. The molecule has 3 aromatic carbocycles. The van der Waals surface area contributed by atoms with Crippen LogP contribution >= 0.6 is 11.3 Å². The molecule has 1 unspecified atom stereocenters. The SMILES string of the molecule is CC(C)(C)C(=O)N[C@@H](Cc1ccc(NS(=O)O)cc1)c1nc(-c2ccc(-c3ccccc3)cc2)cs1. The van der Waals surface area contributed by atoms with Crippen molar-refractivity contribution in [1.29, 1.82) is 0 Å². The first kappa shape index (κ1) is 25.8. The molecule has 6 nitrogen and oxygen atoms in total. The van der Waals surface area contributed by atoms with Gasteiger partial charge in [0.25, 0.3) is 11.3 Å². The van der Waals surface area contributed by atoms with Crippen LogP contribution < -0.4 is 10.0 Å². The van der Waals surface area contributed by atoms with Crippen molar-refractivity contribution in [2.24, 2.45) is 5.41 Å². The Hall–Kier alpha value is -3.33. The molecule has 1 amide bonds. The zero-order valence-corrected chi connectivity index (χ0v) is 22.0. The molecule has 3 N–H and O–H groups in total. The number of carbonyl (C=O) groups is 1. The second kappa shape index (κ2) is 11.2. The number of benzene rings is 3. The number of anilines is 1. The summed E-state index contributed by atoms with van der Waals surface area (Å²) in [5.74, 6) is -0.0505. The highest BCUT2D eigenvalue weighted by atomic mass is 32.2. The third-order valence-electron chi connectivity index (χ3n) is 5.69. The predicted octanol–water partition coefficient (Wildman–Crippen LogP) is 6.47. The Morgan fingerprint density at radius 1 is 0.944 bits per heavy atom. The maximum Gasteiger partial charge on any atom is 0.259 e. The van der Waals surface area contributed by atoms with Crippen LogP contribution in [0.15, 0.2) is 84.2 Å². The number of carbonyl (C=O) groups excluding carboxylic acids is 1. The average molecular weight is 520 g/mol. The molecule has 36 heavy (non-hydrogen) atoms. The van der Waals surface area contributed by atoms with E-state index in [-0.39, 0.29) is 11.9 Å². The number of hydrogen-bond acceptors (Lipinski definition) is 4. The second-order valence-electron chi connectivity index (χ2n) is 9.54. The van der Waals surface area contributed by atoms with E-state index >= 15 is 0 Å². The van der Waals surface area contributed by atoms with Crippen molar-refractivity contribution >= 4 is 34.2 Å². The lowest BCUT2D eigenvalue weighted by Gasteiger charge is -2.23. The molecule has 0 aliphatic heterocycles. The van der Waals surface area contributed by atoms with Crippen LogP contribution in [0.3, 0.4) is 0 Å². The summed E-state index contributed by atoms with van der Waals surface area (Å²) in [6.45, 7) is 5.66. The molecule has 186 valence electrons. The first-order valence-corrected chi connectivity index (χ1v) is 13.6. The number of aromatic nitrogens is 1. The van der Waals surface area contributed by atoms with E-state index < -0.39 is 16.7 Å². The van der Waals surface area contributed by atoms with Crippen LogP contribution in [0.25, 0.3) is 22.4 Å². The molecule has 0 saturated carbocycles. The van der Waals surface area contributed by atoms with E-state index in [0.717, 1.165) is 27.4 Å². The van der Waals surface area contributed by atoms with Gasteiger partial charge >= 0.3 is 0 Å². The molecule has 0 fully saturated rings. The van der Waals surface area contributed by atoms with Crippen molar-refractivity contribution in [3.63, 3.8) is 0 Å². The molecule has 4 aromatic rings. The van der Waals surface area contributed by atoms with Gasteiger partial charge in [0.2, 0.25) is 5.91 Å². The predicted molar refractivity (Wildman–Crippen MR) is 148 cm³/mol. The van der Waals surface area contributed by atoms with E-state index in [1.165, 1.54) is 16.9 Å². The molecule has 2 atom stereocenters. The Labute approximate surface area is 218 Å². The summed E-state index contributed by atoms with van der Waals surface area (Å²) in [4.78, 5) is 17.7. The third-order valence-corrected chi connectivity index (χ3v) is 7.06. The highest BCUT2D eigenvalue weighted by Gasteiger charge is 2.26. The first-order chi connectivity index (χ1) is 17.2. The standard InChI is InChI=1S/C28H29N3O3S2/c1-28(2,3)27(32)30-24(17-19-9-15-23(16-10-19)31-36(33)34)26-29-25(18-35-26)22-13-11-21(12-14-22)20-7-5-4-6-8-20/h4-16,18,24,31H,17H2,1-3H3,(H,30,32)(H,33,34)/t24-/m0/s1. The monoisotopic (exact) mass is 519 g/mol. The largest absolute Gasteiger partial charge is 0.346 e. The van der Waals surface area contributed by atoms with Crippen molar-refractivity contribution in [1.82, 2.24) is 10.3 Å². The minimum Gasteiger partial charge on any atom is -0.346 e. The lowest BCUT2D eigenvalue weighted by atomic mass is 9.94. The van der Waals surface area contributed by atoms with E-state index in [1.807, 2.05) is 56.5 Å². The van der Waals surface area contributed by atoms with Crippen LogP contribution in [-0.2, 0) is 22.5 Å². The Morgan fingerprint density at radius 3 is 2.17 bits per heavy atom. The van der Waals surface area contributed by atoms with Gasteiger partial charge in [-0.2, -0.15) is 0 Å². The van der Waals surface area contributed by atoms with Crippen LogP contribution in [0, 0.1) is 5.41 Å². The molecule has 4 rings (SSSR count). The number of thiazole rings is 1. The quantitative estimate of drug-likeness (QED) is 0.233. The maximum absolute atomic E-state index is 12.9. The summed E-state index contributed by atoms with van der Waals surface area (Å²) in [6.07, 6.45) is 0.546. The Morgan fingerprint density at radius 2 is 1.56 bits per heavy atom. The van der Waals surface area contributed by atoms with Crippen molar-refractivity contribution in [2.45, 2.75) is 33.2 Å². The second-order valence-corrected chi connectivity index (χ2v) is 11.1. The molecular weight excluding hydrogens is 490 g/mol. The third kappa shape index (κ3) is 6.66. The van der Waals surface area contributed by atoms with Crippen molar-refractivity contribution in [2.75, 3.05) is 4.72 Å². The van der Waals surface area contributed by atoms with Crippen molar-refractivity contribution in [3.05, 3.63) is 94.8 Å². The fourth-order valence-corrected chi connectivity index (χ4v) is 4.88. The number of rotatable bonds is 8. The highest BCUT2D eigenvalue weighted by molar-refractivity contribution is 7.80. The summed E-state index contributed by atoms with van der Waals surface area (Å²) in [5, 5.41) is 6.02. The minimum absolute atomic E-state index is 0.0505. The van der Waals surface area contributed by atoms with Gasteiger partial charge in [-0.1, -0.05) is 87.5 Å².